The zero-order chi connectivity index (χ0) is 17.6. The molecule has 0 radical (unpaired) electrons. The van der Waals surface area contributed by atoms with Gasteiger partial charge in [0.15, 0.2) is 11.3 Å². The van der Waals surface area contributed by atoms with Crippen LogP contribution in [0.25, 0.3) is 33.3 Å². The smallest absolute Gasteiger partial charge is 0.336 e. The molecule has 0 saturated carbocycles. The zero-order valence-electron chi connectivity index (χ0n) is 14.1. The van der Waals surface area contributed by atoms with Gasteiger partial charge in [-0.05, 0) is 36.8 Å². The number of hydrogen-bond acceptors (Lipinski definition) is 5. The Kier molecular flexibility index (Phi) is 3.50. The molecular formula is C20H16O5. The molecule has 4 aromatic rings. The van der Waals surface area contributed by atoms with Gasteiger partial charge in [0.2, 0.25) is 0 Å². The number of para-hydroxylation sites is 1. The van der Waals surface area contributed by atoms with Crippen molar-refractivity contribution in [3.05, 3.63) is 58.4 Å². The van der Waals surface area contributed by atoms with E-state index in [-0.39, 0.29) is 0 Å². The largest absolute Gasteiger partial charge is 0.496 e. The molecule has 0 atom stereocenters. The molecule has 25 heavy (non-hydrogen) atoms. The van der Waals surface area contributed by atoms with Gasteiger partial charge in [-0.1, -0.05) is 12.1 Å². The maximum absolute atomic E-state index is 12.0. The average Bonchev–Trinajstić information content (AvgIpc) is 3.04. The summed E-state index contributed by atoms with van der Waals surface area (Å²) in [7, 11) is 3.20. The van der Waals surface area contributed by atoms with Crippen molar-refractivity contribution < 1.29 is 18.3 Å². The molecule has 4 rings (SSSR count). The van der Waals surface area contributed by atoms with Gasteiger partial charge < -0.3 is 18.3 Å². The van der Waals surface area contributed by atoms with Gasteiger partial charge in [0.25, 0.3) is 0 Å². The van der Waals surface area contributed by atoms with Crippen molar-refractivity contribution in [3.63, 3.8) is 0 Å². The van der Waals surface area contributed by atoms with Crippen LogP contribution >= 0.6 is 0 Å². The quantitative estimate of drug-likeness (QED) is 0.514. The third-order valence-electron chi connectivity index (χ3n) is 4.25. The van der Waals surface area contributed by atoms with Crippen molar-refractivity contribution in [1.82, 2.24) is 0 Å². The number of aryl methyl sites for hydroxylation is 1. The number of rotatable bonds is 3. The molecule has 2 heterocycles. The SMILES string of the molecule is COc1cc2c(-c3cc4cccc(OC)c4o3)cc(=O)oc2cc1C. The molecule has 0 saturated heterocycles. The lowest BCUT2D eigenvalue weighted by molar-refractivity contribution is 0.411. The van der Waals surface area contributed by atoms with Gasteiger partial charge in [-0.3, -0.25) is 0 Å². The summed E-state index contributed by atoms with van der Waals surface area (Å²) in [6.45, 7) is 1.90. The number of benzene rings is 2. The van der Waals surface area contributed by atoms with Crippen molar-refractivity contribution >= 4 is 21.9 Å². The second kappa shape index (κ2) is 5.70. The first-order chi connectivity index (χ1) is 12.1. The number of methoxy groups -OCH3 is 2. The van der Waals surface area contributed by atoms with E-state index in [4.69, 9.17) is 18.3 Å². The fraction of sp³-hybridized carbons (Fsp3) is 0.150. The standard InChI is InChI=1S/C20H16O5/c1-11-7-17-13(9-16(11)23-3)14(10-19(21)24-17)18-8-12-5-4-6-15(22-2)20(12)25-18/h4-10H,1-3H3. The highest BCUT2D eigenvalue weighted by Gasteiger charge is 2.16. The van der Waals surface area contributed by atoms with E-state index in [1.54, 1.807) is 20.3 Å². The molecule has 0 amide bonds. The van der Waals surface area contributed by atoms with Crippen molar-refractivity contribution in [2.75, 3.05) is 14.2 Å². The summed E-state index contributed by atoms with van der Waals surface area (Å²) < 4.78 is 22.1. The summed E-state index contributed by atoms with van der Waals surface area (Å²) in [6.07, 6.45) is 0. The molecule has 0 aliphatic rings. The van der Waals surface area contributed by atoms with Crippen LogP contribution in [0.3, 0.4) is 0 Å². The van der Waals surface area contributed by atoms with Crippen LogP contribution in [0.1, 0.15) is 5.56 Å². The molecule has 126 valence electrons. The highest BCUT2D eigenvalue weighted by atomic mass is 16.5. The fourth-order valence-corrected chi connectivity index (χ4v) is 3.04. The molecule has 0 fully saturated rings. The number of hydrogen-bond donors (Lipinski definition) is 0. The lowest BCUT2D eigenvalue weighted by atomic mass is 10.0. The molecule has 5 heteroatoms. The van der Waals surface area contributed by atoms with Gasteiger partial charge >= 0.3 is 5.63 Å². The van der Waals surface area contributed by atoms with E-state index < -0.39 is 5.63 Å². The van der Waals surface area contributed by atoms with Gasteiger partial charge in [0.05, 0.1) is 14.2 Å². The molecule has 0 aliphatic carbocycles. The van der Waals surface area contributed by atoms with E-state index in [0.29, 0.717) is 28.2 Å². The van der Waals surface area contributed by atoms with Gasteiger partial charge in [0, 0.05) is 22.4 Å². The Hall–Kier alpha value is -3.21. The monoisotopic (exact) mass is 336 g/mol. The van der Waals surface area contributed by atoms with E-state index in [2.05, 4.69) is 0 Å². The predicted octanol–water partition coefficient (Wildman–Crippen LogP) is 4.53. The number of fused-ring (bicyclic) bond motifs is 2. The molecule has 0 bridgehead atoms. The third-order valence-corrected chi connectivity index (χ3v) is 4.25. The molecule has 0 aliphatic heterocycles. The van der Waals surface area contributed by atoms with Crippen molar-refractivity contribution in [2.45, 2.75) is 6.92 Å². The average molecular weight is 336 g/mol. The van der Waals surface area contributed by atoms with Crippen molar-refractivity contribution in [2.24, 2.45) is 0 Å². The Morgan fingerprint density at radius 3 is 2.48 bits per heavy atom. The normalized spacial score (nSPS) is 11.2. The van der Waals surface area contributed by atoms with E-state index in [0.717, 1.165) is 22.1 Å². The minimum Gasteiger partial charge on any atom is -0.496 e. The lowest BCUT2D eigenvalue weighted by Gasteiger charge is -2.08. The summed E-state index contributed by atoms with van der Waals surface area (Å²) in [6, 6.07) is 12.6. The van der Waals surface area contributed by atoms with Gasteiger partial charge in [-0.25, -0.2) is 4.79 Å². The van der Waals surface area contributed by atoms with Crippen LogP contribution in [0.2, 0.25) is 0 Å². The molecule has 2 aromatic carbocycles. The van der Waals surface area contributed by atoms with E-state index in [1.165, 1.54) is 6.07 Å². The Morgan fingerprint density at radius 1 is 0.920 bits per heavy atom. The van der Waals surface area contributed by atoms with Crippen LogP contribution in [0.15, 0.2) is 56.1 Å². The van der Waals surface area contributed by atoms with Crippen LogP contribution in [0.5, 0.6) is 11.5 Å². The first kappa shape index (κ1) is 15.3. The topological polar surface area (TPSA) is 61.8 Å². The molecule has 0 N–H and O–H groups in total. The molecule has 0 unspecified atom stereocenters. The first-order valence-electron chi connectivity index (χ1n) is 7.80. The van der Waals surface area contributed by atoms with Gasteiger partial charge in [-0.15, -0.1) is 0 Å². The van der Waals surface area contributed by atoms with Crippen LogP contribution in [0.4, 0.5) is 0 Å². The van der Waals surface area contributed by atoms with Crippen molar-refractivity contribution in [1.29, 1.82) is 0 Å². The highest BCUT2D eigenvalue weighted by molar-refractivity contribution is 5.96. The van der Waals surface area contributed by atoms with Gasteiger partial charge in [0.1, 0.15) is 17.1 Å². The van der Waals surface area contributed by atoms with E-state index in [1.807, 2.05) is 37.3 Å². The molecule has 2 aromatic heterocycles. The number of furan rings is 1. The van der Waals surface area contributed by atoms with Crippen LogP contribution in [-0.2, 0) is 0 Å². The minimum absolute atomic E-state index is 0.431. The van der Waals surface area contributed by atoms with Gasteiger partial charge in [-0.2, -0.15) is 0 Å². The summed E-state index contributed by atoms with van der Waals surface area (Å²) >= 11 is 0. The van der Waals surface area contributed by atoms with Crippen LogP contribution < -0.4 is 15.1 Å². The van der Waals surface area contributed by atoms with E-state index >= 15 is 0 Å². The van der Waals surface area contributed by atoms with Crippen LogP contribution in [0, 0.1) is 6.92 Å². The Balaban J connectivity index is 2.05. The lowest BCUT2D eigenvalue weighted by Crippen LogP contribution is -1.99. The Labute approximate surface area is 143 Å². The summed E-state index contributed by atoms with van der Waals surface area (Å²) in [4.78, 5) is 12.0. The second-order valence-corrected chi connectivity index (χ2v) is 5.79. The molecular weight excluding hydrogens is 320 g/mol. The summed E-state index contributed by atoms with van der Waals surface area (Å²) in [5, 5.41) is 1.65. The Bertz CT molecular complexity index is 1150. The van der Waals surface area contributed by atoms with Crippen LogP contribution in [-0.4, -0.2) is 14.2 Å². The first-order valence-corrected chi connectivity index (χ1v) is 7.80. The fourth-order valence-electron chi connectivity index (χ4n) is 3.04. The van der Waals surface area contributed by atoms with E-state index in [9.17, 15) is 4.79 Å². The maximum atomic E-state index is 12.0. The third kappa shape index (κ3) is 2.45. The van der Waals surface area contributed by atoms with Crippen molar-refractivity contribution in [3.8, 4) is 22.8 Å². The zero-order valence-corrected chi connectivity index (χ0v) is 14.1. The minimum atomic E-state index is -0.431. The summed E-state index contributed by atoms with van der Waals surface area (Å²) in [5.74, 6) is 1.93. The predicted molar refractivity (Wildman–Crippen MR) is 95.5 cm³/mol. The summed E-state index contributed by atoms with van der Waals surface area (Å²) in [5.41, 5.74) is 2.25. The second-order valence-electron chi connectivity index (χ2n) is 5.79. The number of ether oxygens (including phenoxy) is 2. The highest BCUT2D eigenvalue weighted by Crippen LogP contribution is 2.37. The molecule has 5 nitrogen and oxygen atoms in total. The molecule has 0 spiro atoms. The maximum Gasteiger partial charge on any atom is 0.336 e. The Morgan fingerprint density at radius 2 is 1.72 bits per heavy atom.